The number of H-pyrrole nitrogens is 1. The van der Waals surface area contributed by atoms with Crippen LogP contribution in [0, 0.1) is 0 Å². The van der Waals surface area contributed by atoms with Crippen molar-refractivity contribution in [3.63, 3.8) is 0 Å². The lowest BCUT2D eigenvalue weighted by atomic mass is 9.86. The standard InChI is InChI=1S/C15H17NO3/c1-8(17)12-10-7-9(15(2,3)4)5-6-11(10)16-13(12)14(18)19/h5-7,16H,1-4H3,(H,18,19). The Hall–Kier alpha value is -2.10. The van der Waals surface area contributed by atoms with Gasteiger partial charge in [0.25, 0.3) is 0 Å². The first-order valence-corrected chi connectivity index (χ1v) is 6.12. The van der Waals surface area contributed by atoms with Gasteiger partial charge in [0.05, 0.1) is 5.56 Å². The van der Waals surface area contributed by atoms with Gasteiger partial charge in [0.1, 0.15) is 5.69 Å². The molecule has 4 nitrogen and oxygen atoms in total. The third kappa shape index (κ3) is 2.26. The highest BCUT2D eigenvalue weighted by atomic mass is 16.4. The molecule has 0 fully saturated rings. The van der Waals surface area contributed by atoms with E-state index in [2.05, 4.69) is 25.8 Å². The van der Waals surface area contributed by atoms with Crippen molar-refractivity contribution in [2.45, 2.75) is 33.1 Å². The van der Waals surface area contributed by atoms with E-state index in [1.165, 1.54) is 6.92 Å². The van der Waals surface area contributed by atoms with E-state index < -0.39 is 5.97 Å². The van der Waals surface area contributed by atoms with Crippen molar-refractivity contribution < 1.29 is 14.7 Å². The number of aromatic carboxylic acids is 1. The summed E-state index contributed by atoms with van der Waals surface area (Å²) in [7, 11) is 0. The molecule has 0 saturated heterocycles. The van der Waals surface area contributed by atoms with Gasteiger partial charge in [0, 0.05) is 10.9 Å². The molecule has 1 heterocycles. The molecule has 0 spiro atoms. The van der Waals surface area contributed by atoms with Gasteiger partial charge in [-0.05, 0) is 30.0 Å². The number of nitrogens with one attached hydrogen (secondary N) is 1. The van der Waals surface area contributed by atoms with Gasteiger partial charge in [-0.25, -0.2) is 4.79 Å². The predicted octanol–water partition coefficient (Wildman–Crippen LogP) is 3.37. The molecule has 0 aliphatic rings. The van der Waals surface area contributed by atoms with Crippen molar-refractivity contribution in [1.29, 1.82) is 0 Å². The Kier molecular flexibility index (Phi) is 2.97. The van der Waals surface area contributed by atoms with Crippen LogP contribution in [-0.2, 0) is 5.41 Å². The summed E-state index contributed by atoms with van der Waals surface area (Å²) in [6.07, 6.45) is 0. The Morgan fingerprint density at radius 2 is 1.84 bits per heavy atom. The molecular formula is C15H17NO3. The molecule has 2 rings (SSSR count). The molecule has 1 aromatic carbocycles. The summed E-state index contributed by atoms with van der Waals surface area (Å²) in [5, 5.41) is 9.84. The fraction of sp³-hybridized carbons (Fsp3) is 0.333. The molecule has 2 aromatic rings. The van der Waals surface area contributed by atoms with E-state index in [0.29, 0.717) is 10.9 Å². The van der Waals surface area contributed by atoms with Crippen molar-refractivity contribution in [1.82, 2.24) is 4.98 Å². The fourth-order valence-electron chi connectivity index (χ4n) is 2.18. The summed E-state index contributed by atoms with van der Waals surface area (Å²) in [6.45, 7) is 7.62. The van der Waals surface area contributed by atoms with Crippen molar-refractivity contribution in [2.75, 3.05) is 0 Å². The Morgan fingerprint density at radius 1 is 1.21 bits per heavy atom. The summed E-state index contributed by atoms with van der Waals surface area (Å²) in [6, 6.07) is 5.68. The molecule has 2 N–H and O–H groups in total. The molecule has 4 heteroatoms. The van der Waals surface area contributed by atoms with E-state index in [9.17, 15) is 9.59 Å². The van der Waals surface area contributed by atoms with Gasteiger partial charge in [-0.15, -0.1) is 0 Å². The minimum absolute atomic E-state index is 0.0337. The second kappa shape index (κ2) is 4.23. The summed E-state index contributed by atoms with van der Waals surface area (Å²) >= 11 is 0. The number of rotatable bonds is 2. The maximum absolute atomic E-state index is 11.7. The summed E-state index contributed by atoms with van der Waals surface area (Å²) in [5.74, 6) is -1.35. The van der Waals surface area contributed by atoms with Crippen LogP contribution in [0.5, 0.6) is 0 Å². The van der Waals surface area contributed by atoms with E-state index >= 15 is 0 Å². The lowest BCUT2D eigenvalue weighted by Gasteiger charge is -2.19. The Balaban J connectivity index is 2.81. The number of Topliss-reactive ketones (excluding diaryl/α,β-unsaturated/α-hetero) is 1. The van der Waals surface area contributed by atoms with Crippen LogP contribution >= 0.6 is 0 Å². The first kappa shape index (κ1) is 13.3. The number of carboxylic acid groups (broad SMARTS) is 1. The fourth-order valence-corrected chi connectivity index (χ4v) is 2.18. The number of aromatic nitrogens is 1. The van der Waals surface area contributed by atoms with E-state index in [4.69, 9.17) is 5.11 Å². The molecule has 0 saturated carbocycles. The first-order chi connectivity index (χ1) is 8.71. The Morgan fingerprint density at radius 3 is 2.32 bits per heavy atom. The molecule has 19 heavy (non-hydrogen) atoms. The number of carbonyl (C=O) groups excluding carboxylic acids is 1. The third-order valence-electron chi connectivity index (χ3n) is 3.23. The van der Waals surface area contributed by atoms with Gasteiger partial charge in [-0.3, -0.25) is 4.79 Å². The molecule has 0 radical (unpaired) electrons. The molecule has 0 aliphatic carbocycles. The lowest BCUT2D eigenvalue weighted by Crippen LogP contribution is -2.10. The molecule has 0 aliphatic heterocycles. The van der Waals surface area contributed by atoms with Crippen molar-refractivity contribution in [2.24, 2.45) is 0 Å². The number of carboxylic acids is 1. The Bertz CT molecular complexity index is 674. The van der Waals surface area contributed by atoms with Gasteiger partial charge in [-0.2, -0.15) is 0 Å². The topological polar surface area (TPSA) is 70.2 Å². The monoisotopic (exact) mass is 259 g/mol. The highest BCUT2D eigenvalue weighted by Gasteiger charge is 2.22. The van der Waals surface area contributed by atoms with Gasteiger partial charge < -0.3 is 10.1 Å². The average molecular weight is 259 g/mol. The minimum atomic E-state index is -1.11. The quantitative estimate of drug-likeness (QED) is 0.812. The minimum Gasteiger partial charge on any atom is -0.477 e. The van der Waals surface area contributed by atoms with Crippen LogP contribution in [0.2, 0.25) is 0 Å². The molecule has 100 valence electrons. The zero-order chi connectivity index (χ0) is 14.4. The van der Waals surface area contributed by atoms with Crippen LogP contribution in [0.25, 0.3) is 10.9 Å². The van der Waals surface area contributed by atoms with Crippen LogP contribution in [-0.4, -0.2) is 21.8 Å². The summed E-state index contributed by atoms with van der Waals surface area (Å²) in [4.78, 5) is 25.7. The van der Waals surface area contributed by atoms with Crippen LogP contribution in [0.3, 0.4) is 0 Å². The number of ketones is 1. The van der Waals surface area contributed by atoms with E-state index in [1.54, 1.807) is 0 Å². The van der Waals surface area contributed by atoms with Gasteiger partial charge in [0.15, 0.2) is 5.78 Å². The maximum atomic E-state index is 11.7. The number of fused-ring (bicyclic) bond motifs is 1. The number of benzene rings is 1. The predicted molar refractivity (Wildman–Crippen MR) is 74.0 cm³/mol. The SMILES string of the molecule is CC(=O)c1c(C(=O)O)[nH]c2ccc(C(C)(C)C)cc12. The zero-order valence-electron chi connectivity index (χ0n) is 11.5. The van der Waals surface area contributed by atoms with Crippen LogP contribution < -0.4 is 0 Å². The molecule has 0 atom stereocenters. The zero-order valence-corrected chi connectivity index (χ0v) is 11.5. The number of aromatic amines is 1. The lowest BCUT2D eigenvalue weighted by molar-refractivity contribution is 0.0687. The second-order valence-corrected chi connectivity index (χ2v) is 5.75. The number of carbonyl (C=O) groups is 2. The van der Waals surface area contributed by atoms with Crippen LogP contribution in [0.1, 0.15) is 54.1 Å². The van der Waals surface area contributed by atoms with Crippen molar-refractivity contribution in [3.8, 4) is 0 Å². The molecule has 0 unspecified atom stereocenters. The molecule has 0 amide bonds. The van der Waals surface area contributed by atoms with Crippen molar-refractivity contribution >= 4 is 22.7 Å². The number of hydrogen-bond donors (Lipinski definition) is 2. The molecular weight excluding hydrogens is 242 g/mol. The van der Waals surface area contributed by atoms with E-state index in [0.717, 1.165) is 5.56 Å². The summed E-state index contributed by atoms with van der Waals surface area (Å²) in [5.41, 5.74) is 1.92. The normalized spacial score (nSPS) is 11.8. The van der Waals surface area contributed by atoms with Gasteiger partial charge >= 0.3 is 5.97 Å². The van der Waals surface area contributed by atoms with Crippen LogP contribution in [0.15, 0.2) is 18.2 Å². The molecule has 1 aromatic heterocycles. The van der Waals surface area contributed by atoms with E-state index in [-0.39, 0.29) is 22.5 Å². The van der Waals surface area contributed by atoms with E-state index in [1.807, 2.05) is 18.2 Å². The number of hydrogen-bond acceptors (Lipinski definition) is 2. The smallest absolute Gasteiger partial charge is 0.353 e. The van der Waals surface area contributed by atoms with Gasteiger partial charge in [0.2, 0.25) is 0 Å². The second-order valence-electron chi connectivity index (χ2n) is 5.75. The van der Waals surface area contributed by atoms with Crippen LogP contribution in [0.4, 0.5) is 0 Å². The third-order valence-corrected chi connectivity index (χ3v) is 3.23. The highest BCUT2D eigenvalue weighted by molar-refractivity contribution is 6.14. The highest BCUT2D eigenvalue weighted by Crippen LogP contribution is 2.29. The van der Waals surface area contributed by atoms with Gasteiger partial charge in [-0.1, -0.05) is 26.8 Å². The largest absolute Gasteiger partial charge is 0.477 e. The summed E-state index contributed by atoms with van der Waals surface area (Å²) < 4.78 is 0. The van der Waals surface area contributed by atoms with Crippen molar-refractivity contribution in [3.05, 3.63) is 35.0 Å². The first-order valence-electron chi connectivity index (χ1n) is 6.12. The molecule has 0 bridgehead atoms. The Labute approximate surface area is 111 Å². The average Bonchev–Trinajstić information content (AvgIpc) is 2.65. The maximum Gasteiger partial charge on any atom is 0.353 e.